The predicted molar refractivity (Wildman–Crippen MR) is 92.1 cm³/mol. The number of fused-ring (bicyclic) bond motifs is 1. The molecule has 0 saturated carbocycles. The molecule has 0 aromatic heterocycles. The minimum atomic E-state index is -0.740. The molecule has 1 aliphatic carbocycles. The number of hydrogen-bond donors (Lipinski definition) is 1. The fourth-order valence-corrected chi connectivity index (χ4v) is 5.05. The van der Waals surface area contributed by atoms with Crippen molar-refractivity contribution in [3.8, 4) is 0 Å². The molecule has 118 valence electrons. The quantitative estimate of drug-likeness (QED) is 0.829. The highest BCUT2D eigenvalue weighted by Crippen LogP contribution is 2.33. The van der Waals surface area contributed by atoms with E-state index in [1.807, 2.05) is 0 Å². The van der Waals surface area contributed by atoms with Gasteiger partial charge in [0, 0.05) is 22.6 Å². The molecule has 21 heavy (non-hydrogen) atoms. The number of benzene rings is 1. The van der Waals surface area contributed by atoms with Gasteiger partial charge in [0.25, 0.3) is 0 Å². The smallest absolute Gasteiger partial charge is 0.0546 e. The van der Waals surface area contributed by atoms with E-state index in [0.29, 0.717) is 5.92 Å². The van der Waals surface area contributed by atoms with E-state index in [4.69, 9.17) is 0 Å². The second-order valence-corrected chi connectivity index (χ2v) is 7.97. The van der Waals surface area contributed by atoms with E-state index < -0.39 is 10.8 Å². The van der Waals surface area contributed by atoms with Gasteiger partial charge in [-0.05, 0) is 42.9 Å². The lowest BCUT2D eigenvalue weighted by Gasteiger charge is -2.34. The molecule has 1 aromatic carbocycles. The molecule has 2 nitrogen and oxygen atoms in total. The van der Waals surface area contributed by atoms with Crippen LogP contribution in [0.1, 0.15) is 57.2 Å². The van der Waals surface area contributed by atoms with E-state index in [0.717, 1.165) is 38.0 Å². The largest absolute Gasteiger partial charge is 0.309 e. The van der Waals surface area contributed by atoms with Gasteiger partial charge < -0.3 is 5.32 Å². The van der Waals surface area contributed by atoms with Gasteiger partial charge in [-0.2, -0.15) is 0 Å². The molecule has 3 heteroatoms. The maximum absolute atomic E-state index is 12.8. The van der Waals surface area contributed by atoms with E-state index in [9.17, 15) is 4.21 Å². The van der Waals surface area contributed by atoms with Gasteiger partial charge in [0.1, 0.15) is 0 Å². The Labute approximate surface area is 132 Å². The lowest BCUT2D eigenvalue weighted by molar-refractivity contribution is 0.461. The summed E-state index contributed by atoms with van der Waals surface area (Å²) < 4.78 is 12.8. The standard InChI is InChI=1S/C18H29NOS/c1-4-12-19-18-16-9-7-6-8-15(16)10-11-17(18)21(20)13-14(3)5-2/h6-9,14,17-19H,4-5,10-13H2,1-3H3. The molecule has 0 fully saturated rings. The van der Waals surface area contributed by atoms with Gasteiger partial charge in [-0.3, -0.25) is 4.21 Å². The molecule has 0 aliphatic heterocycles. The first-order valence-electron chi connectivity index (χ1n) is 8.35. The van der Waals surface area contributed by atoms with E-state index in [2.05, 4.69) is 50.4 Å². The Morgan fingerprint density at radius 2 is 2.10 bits per heavy atom. The third-order valence-electron chi connectivity index (χ3n) is 4.56. The van der Waals surface area contributed by atoms with Crippen LogP contribution in [0.15, 0.2) is 24.3 Å². The summed E-state index contributed by atoms with van der Waals surface area (Å²) in [7, 11) is -0.740. The summed E-state index contributed by atoms with van der Waals surface area (Å²) in [6, 6.07) is 8.93. The van der Waals surface area contributed by atoms with E-state index in [1.54, 1.807) is 0 Å². The summed E-state index contributed by atoms with van der Waals surface area (Å²) in [6.45, 7) is 7.58. The van der Waals surface area contributed by atoms with Gasteiger partial charge in [0.15, 0.2) is 0 Å². The Kier molecular flexibility index (Phi) is 6.43. The molecule has 1 N–H and O–H groups in total. The van der Waals surface area contributed by atoms with Crippen molar-refractivity contribution >= 4 is 10.8 Å². The monoisotopic (exact) mass is 307 g/mol. The highest BCUT2D eigenvalue weighted by atomic mass is 32.2. The lowest BCUT2D eigenvalue weighted by atomic mass is 9.87. The number of nitrogens with one attached hydrogen (secondary N) is 1. The van der Waals surface area contributed by atoms with Crippen molar-refractivity contribution in [1.82, 2.24) is 5.32 Å². The van der Waals surface area contributed by atoms with Crippen molar-refractivity contribution in [3.63, 3.8) is 0 Å². The van der Waals surface area contributed by atoms with Gasteiger partial charge in [-0.25, -0.2) is 0 Å². The number of hydrogen-bond acceptors (Lipinski definition) is 2. The first kappa shape index (κ1) is 16.7. The van der Waals surface area contributed by atoms with Crippen molar-refractivity contribution in [2.45, 2.75) is 57.7 Å². The summed E-state index contributed by atoms with van der Waals surface area (Å²) in [6.07, 6.45) is 4.34. The van der Waals surface area contributed by atoms with Gasteiger partial charge >= 0.3 is 0 Å². The molecule has 4 atom stereocenters. The first-order chi connectivity index (χ1) is 10.2. The van der Waals surface area contributed by atoms with Gasteiger partial charge in [-0.15, -0.1) is 0 Å². The molecular weight excluding hydrogens is 278 g/mol. The normalized spacial score (nSPS) is 24.3. The van der Waals surface area contributed by atoms with Crippen LogP contribution >= 0.6 is 0 Å². The van der Waals surface area contributed by atoms with Crippen LogP contribution in [0.5, 0.6) is 0 Å². The Balaban J connectivity index is 2.18. The molecule has 0 amide bonds. The zero-order valence-electron chi connectivity index (χ0n) is 13.6. The average Bonchev–Trinajstić information content (AvgIpc) is 2.52. The van der Waals surface area contributed by atoms with Crippen molar-refractivity contribution in [2.24, 2.45) is 5.92 Å². The van der Waals surface area contributed by atoms with Crippen molar-refractivity contribution in [3.05, 3.63) is 35.4 Å². The second-order valence-electron chi connectivity index (χ2n) is 6.27. The molecule has 0 saturated heterocycles. The number of aryl methyl sites for hydroxylation is 1. The highest BCUT2D eigenvalue weighted by molar-refractivity contribution is 7.85. The van der Waals surface area contributed by atoms with Crippen LogP contribution in [0.4, 0.5) is 0 Å². The van der Waals surface area contributed by atoms with Crippen LogP contribution in [0.25, 0.3) is 0 Å². The van der Waals surface area contributed by atoms with Crippen LogP contribution < -0.4 is 5.32 Å². The van der Waals surface area contributed by atoms with E-state index in [-0.39, 0.29) is 11.3 Å². The zero-order chi connectivity index (χ0) is 15.2. The second kappa shape index (κ2) is 8.09. The first-order valence-corrected chi connectivity index (χ1v) is 9.73. The fraction of sp³-hybridized carbons (Fsp3) is 0.667. The van der Waals surface area contributed by atoms with Crippen molar-refractivity contribution in [2.75, 3.05) is 12.3 Å². The molecule has 0 radical (unpaired) electrons. The maximum Gasteiger partial charge on any atom is 0.0546 e. The topological polar surface area (TPSA) is 29.1 Å². The van der Waals surface area contributed by atoms with Crippen molar-refractivity contribution < 1.29 is 4.21 Å². The molecule has 1 aliphatic rings. The highest BCUT2D eigenvalue weighted by Gasteiger charge is 2.33. The summed E-state index contributed by atoms with van der Waals surface area (Å²) >= 11 is 0. The van der Waals surface area contributed by atoms with E-state index >= 15 is 0 Å². The SMILES string of the molecule is CCCNC1c2ccccc2CCC1S(=O)CC(C)CC. The summed E-state index contributed by atoms with van der Waals surface area (Å²) in [4.78, 5) is 0. The fourth-order valence-electron chi connectivity index (χ4n) is 3.08. The summed E-state index contributed by atoms with van der Waals surface area (Å²) in [5.74, 6) is 1.39. The Bertz CT molecular complexity index is 474. The number of rotatable bonds is 7. The third-order valence-corrected chi connectivity index (χ3v) is 6.64. The van der Waals surface area contributed by atoms with Crippen LogP contribution in [0.3, 0.4) is 0 Å². The van der Waals surface area contributed by atoms with Crippen LogP contribution in [-0.4, -0.2) is 21.8 Å². The van der Waals surface area contributed by atoms with Gasteiger partial charge in [-0.1, -0.05) is 51.5 Å². The maximum atomic E-state index is 12.8. The molecule has 4 unspecified atom stereocenters. The molecule has 0 heterocycles. The van der Waals surface area contributed by atoms with E-state index in [1.165, 1.54) is 11.1 Å². The summed E-state index contributed by atoms with van der Waals surface area (Å²) in [5, 5.41) is 3.92. The van der Waals surface area contributed by atoms with Crippen molar-refractivity contribution in [1.29, 1.82) is 0 Å². The lowest BCUT2D eigenvalue weighted by Crippen LogP contribution is -2.40. The Morgan fingerprint density at radius 3 is 2.81 bits per heavy atom. The average molecular weight is 308 g/mol. The molecule has 1 aromatic rings. The third kappa shape index (κ3) is 4.17. The predicted octanol–water partition coefficient (Wildman–Crippen LogP) is 3.84. The molecule has 0 spiro atoms. The van der Waals surface area contributed by atoms with Gasteiger partial charge in [0.05, 0.1) is 5.25 Å². The molecular formula is C18H29NOS. The minimum Gasteiger partial charge on any atom is -0.309 e. The Morgan fingerprint density at radius 1 is 1.33 bits per heavy atom. The zero-order valence-corrected chi connectivity index (χ0v) is 14.4. The van der Waals surface area contributed by atoms with Crippen LogP contribution in [-0.2, 0) is 17.2 Å². The van der Waals surface area contributed by atoms with Crippen LogP contribution in [0, 0.1) is 5.92 Å². The minimum absolute atomic E-state index is 0.264. The van der Waals surface area contributed by atoms with Crippen LogP contribution in [0.2, 0.25) is 0 Å². The van der Waals surface area contributed by atoms with Gasteiger partial charge in [0.2, 0.25) is 0 Å². The molecule has 0 bridgehead atoms. The Hall–Kier alpha value is -0.670. The summed E-state index contributed by atoms with van der Waals surface area (Å²) in [5.41, 5.74) is 2.81. The molecule has 2 rings (SSSR count).